The van der Waals surface area contributed by atoms with Crippen molar-refractivity contribution in [1.29, 1.82) is 0 Å². The van der Waals surface area contributed by atoms with Crippen molar-refractivity contribution in [2.24, 2.45) is 22.7 Å². The van der Waals surface area contributed by atoms with Crippen LogP contribution in [0, 0.1) is 22.7 Å². The predicted octanol–water partition coefficient (Wildman–Crippen LogP) is 3.24. The molecule has 4 unspecified atom stereocenters. The van der Waals surface area contributed by atoms with Crippen LogP contribution in [0.4, 0.5) is 0 Å². The third-order valence-electron chi connectivity index (χ3n) is 4.68. The van der Waals surface area contributed by atoms with Crippen molar-refractivity contribution in [2.45, 2.75) is 34.1 Å². The normalized spacial score (nSPS) is 60.7. The molecule has 2 rings (SSSR count). The van der Waals surface area contributed by atoms with Gasteiger partial charge >= 0.3 is 0 Å². The standard InChI is InChI=1S/C11H18/c1-8-5-6-10(3)7-9(2)11(8,10)4/h5-6,8-9H,7H2,1-4H3. The van der Waals surface area contributed by atoms with E-state index in [4.69, 9.17) is 0 Å². The van der Waals surface area contributed by atoms with E-state index in [-0.39, 0.29) is 0 Å². The van der Waals surface area contributed by atoms with Crippen LogP contribution in [0.25, 0.3) is 0 Å². The van der Waals surface area contributed by atoms with Gasteiger partial charge in [0.2, 0.25) is 0 Å². The second kappa shape index (κ2) is 1.73. The van der Waals surface area contributed by atoms with Crippen molar-refractivity contribution in [3.05, 3.63) is 12.2 Å². The summed E-state index contributed by atoms with van der Waals surface area (Å²) in [5.74, 6) is 1.70. The van der Waals surface area contributed by atoms with Gasteiger partial charge in [-0.1, -0.05) is 39.8 Å². The fourth-order valence-corrected chi connectivity index (χ4v) is 3.27. The highest BCUT2D eigenvalue weighted by Crippen LogP contribution is 2.68. The van der Waals surface area contributed by atoms with E-state index in [2.05, 4.69) is 39.8 Å². The fraction of sp³-hybridized carbons (Fsp3) is 0.818. The maximum absolute atomic E-state index is 2.45. The van der Waals surface area contributed by atoms with E-state index < -0.39 is 0 Å². The second-order valence-corrected chi connectivity index (χ2v) is 4.95. The van der Waals surface area contributed by atoms with E-state index in [1.54, 1.807) is 0 Å². The maximum atomic E-state index is 2.45. The summed E-state index contributed by atoms with van der Waals surface area (Å²) in [4.78, 5) is 0. The zero-order valence-electron chi connectivity index (χ0n) is 8.02. The third-order valence-corrected chi connectivity index (χ3v) is 4.68. The molecule has 2 aliphatic rings. The lowest BCUT2D eigenvalue weighted by atomic mass is 9.45. The Morgan fingerprint density at radius 1 is 1.27 bits per heavy atom. The first-order valence-corrected chi connectivity index (χ1v) is 4.70. The van der Waals surface area contributed by atoms with E-state index in [0.29, 0.717) is 10.8 Å². The summed E-state index contributed by atoms with van der Waals surface area (Å²) in [6, 6.07) is 0. The zero-order valence-corrected chi connectivity index (χ0v) is 8.02. The Hall–Kier alpha value is -0.260. The number of hydrogen-bond acceptors (Lipinski definition) is 0. The molecule has 0 aromatic carbocycles. The average Bonchev–Trinajstić information content (AvgIpc) is 2.13. The van der Waals surface area contributed by atoms with Crippen LogP contribution < -0.4 is 0 Å². The Labute approximate surface area is 69.7 Å². The monoisotopic (exact) mass is 150 g/mol. The molecule has 0 aliphatic heterocycles. The molecule has 62 valence electrons. The average molecular weight is 150 g/mol. The number of fused-ring (bicyclic) bond motifs is 1. The number of hydrogen-bond donors (Lipinski definition) is 0. The zero-order chi connectivity index (χ0) is 8.28. The van der Waals surface area contributed by atoms with Gasteiger partial charge < -0.3 is 0 Å². The van der Waals surface area contributed by atoms with E-state index in [9.17, 15) is 0 Å². The van der Waals surface area contributed by atoms with E-state index in [0.717, 1.165) is 11.8 Å². The molecule has 2 aliphatic carbocycles. The minimum atomic E-state index is 0.534. The molecule has 0 aromatic rings. The van der Waals surface area contributed by atoms with Gasteiger partial charge in [0, 0.05) is 0 Å². The lowest BCUT2D eigenvalue weighted by Crippen LogP contribution is -2.53. The molecule has 0 radical (unpaired) electrons. The quantitative estimate of drug-likeness (QED) is 0.465. The smallest absolute Gasteiger partial charge is 0.00818 e. The molecule has 1 fully saturated rings. The molecular weight excluding hydrogens is 132 g/mol. The Bertz CT molecular complexity index is 216. The van der Waals surface area contributed by atoms with Crippen LogP contribution in [-0.2, 0) is 0 Å². The first kappa shape index (κ1) is 7.39. The molecule has 1 saturated carbocycles. The highest BCUT2D eigenvalue weighted by Gasteiger charge is 2.60. The Kier molecular flexibility index (Phi) is 1.16. The lowest BCUT2D eigenvalue weighted by molar-refractivity contribution is -0.0892. The van der Waals surface area contributed by atoms with Gasteiger partial charge in [-0.3, -0.25) is 0 Å². The molecule has 0 spiro atoms. The summed E-state index contributed by atoms with van der Waals surface area (Å²) in [7, 11) is 0. The van der Waals surface area contributed by atoms with Crippen LogP contribution in [0.1, 0.15) is 34.1 Å². The molecule has 11 heavy (non-hydrogen) atoms. The molecule has 0 amide bonds. The lowest BCUT2D eigenvalue weighted by Gasteiger charge is -2.59. The van der Waals surface area contributed by atoms with Crippen molar-refractivity contribution in [1.82, 2.24) is 0 Å². The van der Waals surface area contributed by atoms with Crippen LogP contribution in [0.3, 0.4) is 0 Å². The minimum Gasteiger partial charge on any atom is -0.0845 e. The molecule has 0 aromatic heterocycles. The van der Waals surface area contributed by atoms with Gasteiger partial charge in [0.1, 0.15) is 0 Å². The molecule has 0 nitrogen and oxygen atoms in total. The predicted molar refractivity (Wildman–Crippen MR) is 48.3 cm³/mol. The van der Waals surface area contributed by atoms with Crippen LogP contribution in [0.2, 0.25) is 0 Å². The summed E-state index contributed by atoms with van der Waals surface area (Å²) in [6.45, 7) is 9.61. The van der Waals surface area contributed by atoms with Gasteiger partial charge in [-0.15, -0.1) is 0 Å². The molecule has 0 saturated heterocycles. The Morgan fingerprint density at radius 2 is 1.91 bits per heavy atom. The van der Waals surface area contributed by atoms with Crippen molar-refractivity contribution >= 4 is 0 Å². The van der Waals surface area contributed by atoms with Crippen LogP contribution in [-0.4, -0.2) is 0 Å². The van der Waals surface area contributed by atoms with Gasteiger partial charge in [-0.05, 0) is 29.1 Å². The summed E-state index contributed by atoms with van der Waals surface area (Å²) >= 11 is 0. The fourth-order valence-electron chi connectivity index (χ4n) is 3.27. The van der Waals surface area contributed by atoms with Crippen molar-refractivity contribution in [3.63, 3.8) is 0 Å². The first-order chi connectivity index (χ1) is 5.01. The summed E-state index contributed by atoms with van der Waals surface area (Å²) < 4.78 is 0. The van der Waals surface area contributed by atoms with E-state index in [1.165, 1.54) is 6.42 Å². The first-order valence-electron chi connectivity index (χ1n) is 4.70. The highest BCUT2D eigenvalue weighted by molar-refractivity contribution is 5.25. The third kappa shape index (κ3) is 0.579. The van der Waals surface area contributed by atoms with E-state index >= 15 is 0 Å². The number of rotatable bonds is 0. The van der Waals surface area contributed by atoms with Gasteiger partial charge in [-0.2, -0.15) is 0 Å². The maximum Gasteiger partial charge on any atom is -0.00818 e. The van der Waals surface area contributed by atoms with Crippen molar-refractivity contribution in [2.75, 3.05) is 0 Å². The largest absolute Gasteiger partial charge is 0.0845 e. The summed E-state index contributed by atoms with van der Waals surface area (Å²) in [5.41, 5.74) is 1.11. The topological polar surface area (TPSA) is 0 Å². The van der Waals surface area contributed by atoms with E-state index in [1.807, 2.05) is 0 Å². The second-order valence-electron chi connectivity index (χ2n) is 4.95. The van der Waals surface area contributed by atoms with Gasteiger partial charge in [0.15, 0.2) is 0 Å². The summed E-state index contributed by atoms with van der Waals surface area (Å²) in [6.07, 6.45) is 6.24. The molecule has 0 N–H and O–H groups in total. The molecule has 4 atom stereocenters. The Morgan fingerprint density at radius 3 is 2.27 bits per heavy atom. The van der Waals surface area contributed by atoms with Crippen LogP contribution in [0.15, 0.2) is 12.2 Å². The molecular formula is C11H18. The highest BCUT2D eigenvalue weighted by atomic mass is 14.6. The van der Waals surface area contributed by atoms with Crippen molar-refractivity contribution in [3.8, 4) is 0 Å². The summed E-state index contributed by atoms with van der Waals surface area (Å²) in [5, 5.41) is 0. The SMILES string of the molecule is CC1C=CC2(C)CC(C)C12C. The molecule has 0 heterocycles. The molecule has 0 heteroatoms. The van der Waals surface area contributed by atoms with Crippen LogP contribution >= 0.6 is 0 Å². The van der Waals surface area contributed by atoms with Crippen molar-refractivity contribution < 1.29 is 0 Å². The van der Waals surface area contributed by atoms with Gasteiger partial charge in [0.05, 0.1) is 0 Å². The van der Waals surface area contributed by atoms with Gasteiger partial charge in [0.25, 0.3) is 0 Å². The number of allylic oxidation sites excluding steroid dienone is 2. The Balaban J connectivity index is 2.37. The van der Waals surface area contributed by atoms with Gasteiger partial charge in [-0.25, -0.2) is 0 Å². The minimum absolute atomic E-state index is 0.534. The van der Waals surface area contributed by atoms with Crippen LogP contribution in [0.5, 0.6) is 0 Å². The molecule has 0 bridgehead atoms.